The number of rotatable bonds is 8. The summed E-state index contributed by atoms with van der Waals surface area (Å²) >= 11 is 0. The summed E-state index contributed by atoms with van der Waals surface area (Å²) in [5.41, 5.74) is 10.7. The summed E-state index contributed by atoms with van der Waals surface area (Å²) in [6.07, 6.45) is 7.47. The second-order valence-electron chi connectivity index (χ2n) is 14.0. The number of benzene rings is 4. The summed E-state index contributed by atoms with van der Waals surface area (Å²) in [5, 5.41) is 38.7. The van der Waals surface area contributed by atoms with Crippen molar-refractivity contribution in [1.82, 2.24) is 19.9 Å². The molecule has 13 heteroatoms. The van der Waals surface area contributed by atoms with Crippen molar-refractivity contribution in [2.45, 2.75) is 0 Å². The Bertz CT molecular complexity index is 2760. The molecular formula is C48H30MnN4O8. The van der Waals surface area contributed by atoms with Crippen LogP contribution in [-0.4, -0.2) is 64.2 Å². The number of hydrogen-bond acceptors (Lipinski definition) is 6. The average Bonchev–Trinajstić information content (AvgIpc) is 4.10. The number of nitrogens with zero attached hydrogens (tertiary/aromatic N) is 2. The minimum atomic E-state index is -1.06. The van der Waals surface area contributed by atoms with E-state index in [9.17, 15) is 39.6 Å². The van der Waals surface area contributed by atoms with Gasteiger partial charge in [-0.25, -0.2) is 29.1 Å². The average molecular weight is 846 g/mol. The Hall–Kier alpha value is -8.12. The molecule has 2 aliphatic rings. The Morgan fingerprint density at radius 3 is 0.705 bits per heavy atom. The van der Waals surface area contributed by atoms with Crippen LogP contribution in [-0.2, 0) is 17.1 Å². The summed E-state index contributed by atoms with van der Waals surface area (Å²) in [6, 6.07) is 33.6. The number of carbonyl (C=O) groups is 4. The van der Waals surface area contributed by atoms with E-state index < -0.39 is 23.9 Å². The zero-order valence-electron chi connectivity index (χ0n) is 31.6. The molecule has 61 heavy (non-hydrogen) atoms. The molecule has 6 N–H and O–H groups in total. The van der Waals surface area contributed by atoms with Gasteiger partial charge in [0.05, 0.1) is 45.0 Å². The van der Waals surface area contributed by atoms with E-state index >= 15 is 0 Å². The summed E-state index contributed by atoms with van der Waals surface area (Å²) in [4.78, 5) is 64.8. The smallest absolute Gasteiger partial charge is 0.335 e. The fourth-order valence-electron chi connectivity index (χ4n) is 7.54. The van der Waals surface area contributed by atoms with Crippen LogP contribution < -0.4 is 0 Å². The van der Waals surface area contributed by atoms with E-state index in [2.05, 4.69) is 9.97 Å². The van der Waals surface area contributed by atoms with Gasteiger partial charge < -0.3 is 30.4 Å². The molecule has 12 nitrogen and oxygen atoms in total. The van der Waals surface area contributed by atoms with E-state index in [4.69, 9.17) is 9.97 Å². The minimum Gasteiger partial charge on any atom is -0.478 e. The minimum absolute atomic E-state index is 0. The van der Waals surface area contributed by atoms with Crippen LogP contribution in [0.5, 0.6) is 0 Å². The predicted molar refractivity (Wildman–Crippen MR) is 228 cm³/mol. The van der Waals surface area contributed by atoms with Gasteiger partial charge in [0.25, 0.3) is 0 Å². The van der Waals surface area contributed by atoms with E-state index in [1.165, 1.54) is 48.5 Å². The van der Waals surface area contributed by atoms with Crippen molar-refractivity contribution in [3.63, 3.8) is 0 Å². The molecule has 2 aliphatic heterocycles. The molecule has 4 aromatic carbocycles. The number of H-pyrrole nitrogens is 2. The normalized spacial score (nSPS) is 11.5. The Morgan fingerprint density at radius 2 is 0.525 bits per heavy atom. The Balaban J connectivity index is 0.00000514. The Labute approximate surface area is 356 Å². The zero-order chi connectivity index (χ0) is 41.7. The molecule has 8 bridgehead atoms. The van der Waals surface area contributed by atoms with Gasteiger partial charge in [-0.1, -0.05) is 48.5 Å². The summed E-state index contributed by atoms with van der Waals surface area (Å²) < 4.78 is 0. The number of carboxylic acid groups (broad SMARTS) is 4. The molecule has 1 radical (unpaired) electrons. The zero-order valence-corrected chi connectivity index (χ0v) is 32.7. The summed E-state index contributed by atoms with van der Waals surface area (Å²) in [5.74, 6) is -4.25. The van der Waals surface area contributed by atoms with Gasteiger partial charge in [-0.05, 0) is 119 Å². The largest absolute Gasteiger partial charge is 0.478 e. The van der Waals surface area contributed by atoms with E-state index in [1.54, 1.807) is 48.5 Å². The molecule has 9 rings (SSSR count). The topological polar surface area (TPSA) is 207 Å². The maximum atomic E-state index is 11.8. The van der Waals surface area contributed by atoms with E-state index in [-0.39, 0.29) is 39.3 Å². The van der Waals surface area contributed by atoms with Crippen molar-refractivity contribution >= 4 is 70.2 Å². The van der Waals surface area contributed by atoms with Gasteiger partial charge in [0.15, 0.2) is 0 Å². The molecule has 0 aliphatic carbocycles. The van der Waals surface area contributed by atoms with Crippen molar-refractivity contribution in [3.05, 3.63) is 166 Å². The first kappa shape index (κ1) is 39.7. The van der Waals surface area contributed by atoms with Crippen LogP contribution in [0.1, 0.15) is 64.2 Å². The number of aromatic carboxylic acids is 4. The standard InChI is InChI=1S/C48H30N4O8.Mn/c53-45(54)29-9-1-25(2-10-29)41-33-17-19-35(49-33)42(26-3-11-30(12-4-26)46(55)56)37-21-23-39(51-37)44(28-7-15-32(16-8-28)48(59)60)40-24-22-38(52-40)43(36-20-18-34(41)50-36)27-5-13-31(14-6-27)47(57)58;/h1-24,49,52H,(H,53,54)(H,55,56)(H,57,58)(H,59,60);. The molecule has 0 unspecified atom stereocenters. The van der Waals surface area contributed by atoms with Crippen LogP contribution >= 0.6 is 0 Å². The Morgan fingerprint density at radius 1 is 0.328 bits per heavy atom. The van der Waals surface area contributed by atoms with Gasteiger partial charge in [0.1, 0.15) is 0 Å². The molecule has 297 valence electrons. The fraction of sp³-hybridized carbons (Fsp3) is 0. The van der Waals surface area contributed by atoms with Gasteiger partial charge in [-0.2, -0.15) is 0 Å². The number of fused-ring (bicyclic) bond motifs is 8. The van der Waals surface area contributed by atoms with Crippen LogP contribution in [0.25, 0.3) is 90.9 Å². The quantitative estimate of drug-likeness (QED) is 0.0798. The van der Waals surface area contributed by atoms with Crippen molar-refractivity contribution in [2.24, 2.45) is 0 Å². The van der Waals surface area contributed by atoms with E-state index in [0.29, 0.717) is 89.4 Å². The molecular weight excluding hydrogens is 815 g/mol. The number of carboxylic acids is 4. The van der Waals surface area contributed by atoms with Crippen LogP contribution in [0, 0.1) is 0 Å². The van der Waals surface area contributed by atoms with Crippen LogP contribution in [0.4, 0.5) is 0 Å². The first-order valence-electron chi connectivity index (χ1n) is 18.5. The third-order valence-electron chi connectivity index (χ3n) is 10.4. The molecule has 5 heterocycles. The molecule has 0 fully saturated rings. The predicted octanol–water partition coefficient (Wildman–Crippen LogP) is 10.1. The molecule has 0 saturated carbocycles. The second kappa shape index (κ2) is 15.9. The molecule has 3 aromatic heterocycles. The number of hydrogen-bond donors (Lipinski definition) is 6. The van der Waals surface area contributed by atoms with Gasteiger partial charge in [0, 0.05) is 61.4 Å². The fourth-order valence-corrected chi connectivity index (χ4v) is 7.54. The van der Waals surface area contributed by atoms with Crippen molar-refractivity contribution in [1.29, 1.82) is 0 Å². The summed E-state index contributed by atoms with van der Waals surface area (Å²) in [7, 11) is 0. The summed E-state index contributed by atoms with van der Waals surface area (Å²) in [6.45, 7) is 0. The first-order valence-corrected chi connectivity index (χ1v) is 18.5. The molecule has 0 saturated heterocycles. The number of aromatic nitrogens is 4. The third kappa shape index (κ3) is 7.42. The third-order valence-corrected chi connectivity index (χ3v) is 10.4. The van der Waals surface area contributed by atoms with Crippen LogP contribution in [0.2, 0.25) is 0 Å². The molecule has 7 aromatic rings. The monoisotopic (exact) mass is 845 g/mol. The van der Waals surface area contributed by atoms with Gasteiger partial charge in [0.2, 0.25) is 0 Å². The number of aromatic amines is 2. The van der Waals surface area contributed by atoms with Crippen LogP contribution in [0.15, 0.2) is 121 Å². The van der Waals surface area contributed by atoms with E-state index in [1.807, 2.05) is 48.6 Å². The van der Waals surface area contributed by atoms with Crippen molar-refractivity contribution in [2.75, 3.05) is 0 Å². The molecule has 0 amide bonds. The molecule has 0 atom stereocenters. The van der Waals surface area contributed by atoms with Gasteiger partial charge in [-0.15, -0.1) is 0 Å². The molecule has 0 spiro atoms. The second-order valence-corrected chi connectivity index (χ2v) is 14.0. The van der Waals surface area contributed by atoms with Gasteiger partial charge in [-0.3, -0.25) is 0 Å². The maximum Gasteiger partial charge on any atom is 0.335 e. The van der Waals surface area contributed by atoms with Gasteiger partial charge >= 0.3 is 23.9 Å². The van der Waals surface area contributed by atoms with E-state index in [0.717, 1.165) is 0 Å². The van der Waals surface area contributed by atoms with Crippen molar-refractivity contribution in [3.8, 4) is 44.5 Å². The van der Waals surface area contributed by atoms with Crippen molar-refractivity contribution < 1.29 is 56.7 Å². The van der Waals surface area contributed by atoms with Crippen LogP contribution in [0.3, 0.4) is 0 Å². The number of nitrogens with one attached hydrogen (secondary N) is 2. The maximum absolute atomic E-state index is 11.8. The SMILES string of the molecule is O=C(O)c1ccc(-c2c3nc(c(-c4ccc(C(=O)O)cc4)c4ccc([nH]4)c(-c4ccc(C(=O)O)cc4)c4nc(c(-c5ccc(C(=O)O)cc5)c5ccc2[nH]5)C=C4)C=C3)cc1.[Mn]. The first-order chi connectivity index (χ1) is 29.0. The Kier molecular flexibility index (Phi) is 10.4.